The van der Waals surface area contributed by atoms with Gasteiger partial charge in [-0.15, -0.1) is 10.2 Å². The van der Waals surface area contributed by atoms with Crippen LogP contribution in [0.5, 0.6) is 0 Å². The summed E-state index contributed by atoms with van der Waals surface area (Å²) in [4.78, 5) is 12.0. The second-order valence-electron chi connectivity index (χ2n) is 5.18. The molecule has 0 aliphatic heterocycles. The maximum Gasteiger partial charge on any atom is 0.226 e. The molecular weight excluding hydrogens is 346 g/mol. The molecule has 0 unspecified atom stereocenters. The quantitative estimate of drug-likeness (QED) is 0.697. The van der Waals surface area contributed by atoms with E-state index in [2.05, 4.69) is 15.5 Å². The smallest absolute Gasteiger partial charge is 0.226 e. The molecule has 0 spiro atoms. The molecule has 0 aliphatic rings. The molecule has 3 rings (SSSR count). The lowest BCUT2D eigenvalue weighted by Crippen LogP contribution is -2.11. The normalized spacial score (nSPS) is 10.8. The van der Waals surface area contributed by atoms with Gasteiger partial charge in [-0.1, -0.05) is 29.9 Å². The minimum absolute atomic E-state index is 0.0988. The zero-order chi connectivity index (χ0) is 16.9. The third kappa shape index (κ3) is 4.21. The molecule has 0 saturated heterocycles. The van der Waals surface area contributed by atoms with Crippen molar-refractivity contribution in [2.24, 2.45) is 0 Å². The van der Waals surface area contributed by atoms with Crippen molar-refractivity contribution in [1.82, 2.24) is 10.2 Å². The van der Waals surface area contributed by atoms with Gasteiger partial charge in [-0.3, -0.25) is 4.79 Å². The number of hydrogen-bond acceptors (Lipinski definition) is 5. The molecule has 0 atom stereocenters. The SMILES string of the molecule is CCc1nnc(NC(=O)CCc2ccc(-c3ccc(Cl)cc3)o2)s1. The molecule has 0 bridgehead atoms. The van der Waals surface area contributed by atoms with Crippen molar-refractivity contribution < 1.29 is 9.21 Å². The molecule has 0 saturated carbocycles. The lowest BCUT2D eigenvalue weighted by atomic mass is 10.2. The van der Waals surface area contributed by atoms with E-state index in [4.69, 9.17) is 16.0 Å². The first-order chi connectivity index (χ1) is 11.6. The van der Waals surface area contributed by atoms with Crippen molar-refractivity contribution in [3.63, 3.8) is 0 Å². The first-order valence-corrected chi connectivity index (χ1v) is 8.80. The summed E-state index contributed by atoms with van der Waals surface area (Å²) in [5.41, 5.74) is 0.955. The maximum absolute atomic E-state index is 12.0. The summed E-state index contributed by atoms with van der Waals surface area (Å²) >= 11 is 7.28. The molecule has 0 fully saturated rings. The zero-order valence-corrected chi connectivity index (χ0v) is 14.7. The fourth-order valence-electron chi connectivity index (χ4n) is 2.15. The molecule has 1 amide bonds. The van der Waals surface area contributed by atoms with E-state index in [1.165, 1.54) is 11.3 Å². The Kier molecular flexibility index (Phi) is 5.27. The van der Waals surface area contributed by atoms with Gasteiger partial charge in [0.05, 0.1) is 0 Å². The van der Waals surface area contributed by atoms with E-state index in [1.54, 1.807) is 0 Å². The summed E-state index contributed by atoms with van der Waals surface area (Å²) in [6, 6.07) is 11.2. The third-order valence-electron chi connectivity index (χ3n) is 3.40. The summed E-state index contributed by atoms with van der Waals surface area (Å²) in [7, 11) is 0. The van der Waals surface area contributed by atoms with Gasteiger partial charge in [0, 0.05) is 23.4 Å². The standard InChI is InChI=1S/C17H16ClN3O2S/c1-2-16-20-21-17(24-16)19-15(22)10-8-13-7-9-14(23-13)11-3-5-12(18)6-4-11/h3-7,9H,2,8,10H2,1H3,(H,19,21,22). The lowest BCUT2D eigenvalue weighted by molar-refractivity contribution is -0.116. The number of nitrogens with one attached hydrogen (secondary N) is 1. The van der Waals surface area contributed by atoms with Crippen LogP contribution in [0.2, 0.25) is 5.02 Å². The third-order valence-corrected chi connectivity index (χ3v) is 4.64. The number of furan rings is 1. The highest BCUT2D eigenvalue weighted by atomic mass is 35.5. The van der Waals surface area contributed by atoms with Crippen LogP contribution in [0.15, 0.2) is 40.8 Å². The average molecular weight is 362 g/mol. The van der Waals surface area contributed by atoms with Crippen LogP contribution in [-0.4, -0.2) is 16.1 Å². The molecule has 24 heavy (non-hydrogen) atoms. The molecule has 2 heterocycles. The van der Waals surface area contributed by atoms with Gasteiger partial charge >= 0.3 is 0 Å². The molecule has 2 aromatic heterocycles. The van der Waals surface area contributed by atoms with Crippen LogP contribution in [0.4, 0.5) is 5.13 Å². The monoisotopic (exact) mass is 361 g/mol. The van der Waals surface area contributed by atoms with Crippen LogP contribution in [0.25, 0.3) is 11.3 Å². The largest absolute Gasteiger partial charge is 0.461 e. The fraction of sp³-hybridized carbons (Fsp3) is 0.235. The first kappa shape index (κ1) is 16.7. The van der Waals surface area contributed by atoms with E-state index >= 15 is 0 Å². The second kappa shape index (κ2) is 7.59. The van der Waals surface area contributed by atoms with Crippen molar-refractivity contribution >= 4 is 34.0 Å². The molecule has 1 aromatic carbocycles. The summed E-state index contributed by atoms with van der Waals surface area (Å²) in [6.07, 6.45) is 1.67. The second-order valence-corrected chi connectivity index (χ2v) is 6.67. The molecule has 3 aromatic rings. The number of nitrogens with zero attached hydrogens (tertiary/aromatic N) is 2. The predicted molar refractivity (Wildman–Crippen MR) is 95.4 cm³/mol. The molecule has 5 nitrogen and oxygen atoms in total. The number of aryl methyl sites for hydroxylation is 2. The molecular formula is C17H16ClN3O2S. The van der Waals surface area contributed by atoms with Crippen LogP contribution in [0.3, 0.4) is 0 Å². The average Bonchev–Trinajstić information content (AvgIpc) is 3.23. The Balaban J connectivity index is 1.55. The van der Waals surface area contributed by atoms with Crippen LogP contribution in [0, 0.1) is 0 Å². The number of carbonyl (C=O) groups is 1. The fourth-order valence-corrected chi connectivity index (χ4v) is 2.97. The maximum atomic E-state index is 12.0. The van der Waals surface area contributed by atoms with Crippen molar-refractivity contribution in [3.8, 4) is 11.3 Å². The number of amides is 1. The molecule has 0 radical (unpaired) electrons. The van der Waals surface area contributed by atoms with Gasteiger partial charge in [0.25, 0.3) is 0 Å². The van der Waals surface area contributed by atoms with Crippen LogP contribution in [0.1, 0.15) is 24.1 Å². The van der Waals surface area contributed by atoms with Gasteiger partial charge in [-0.2, -0.15) is 0 Å². The highest BCUT2D eigenvalue weighted by Crippen LogP contribution is 2.24. The number of hydrogen-bond donors (Lipinski definition) is 1. The Morgan fingerprint density at radius 2 is 2.00 bits per heavy atom. The Morgan fingerprint density at radius 1 is 1.21 bits per heavy atom. The zero-order valence-electron chi connectivity index (χ0n) is 13.1. The topological polar surface area (TPSA) is 68.0 Å². The predicted octanol–water partition coefficient (Wildman–Crippen LogP) is 4.59. The first-order valence-electron chi connectivity index (χ1n) is 7.61. The van der Waals surface area contributed by atoms with E-state index < -0.39 is 0 Å². The Hall–Kier alpha value is -2.18. The summed E-state index contributed by atoms with van der Waals surface area (Å²) in [5, 5.41) is 12.8. The van der Waals surface area contributed by atoms with Crippen molar-refractivity contribution in [1.29, 1.82) is 0 Å². The summed E-state index contributed by atoms with van der Waals surface area (Å²) in [6.45, 7) is 2.00. The summed E-state index contributed by atoms with van der Waals surface area (Å²) < 4.78 is 5.78. The van der Waals surface area contributed by atoms with E-state index in [-0.39, 0.29) is 5.91 Å². The molecule has 0 aliphatic carbocycles. The summed E-state index contributed by atoms with van der Waals surface area (Å²) in [5.74, 6) is 1.43. The highest BCUT2D eigenvalue weighted by Gasteiger charge is 2.10. The number of rotatable bonds is 6. The molecule has 1 N–H and O–H groups in total. The Morgan fingerprint density at radius 3 is 2.71 bits per heavy atom. The van der Waals surface area contributed by atoms with E-state index in [9.17, 15) is 4.79 Å². The van der Waals surface area contributed by atoms with Gasteiger partial charge in [-0.05, 0) is 42.8 Å². The highest BCUT2D eigenvalue weighted by molar-refractivity contribution is 7.15. The number of carbonyl (C=O) groups excluding carboxylic acids is 1. The van der Waals surface area contributed by atoms with Gasteiger partial charge < -0.3 is 9.73 Å². The molecule has 7 heteroatoms. The number of halogens is 1. The number of anilines is 1. The van der Waals surface area contributed by atoms with Gasteiger partial charge in [0.15, 0.2) is 0 Å². The number of benzene rings is 1. The van der Waals surface area contributed by atoms with E-state index in [0.717, 1.165) is 28.5 Å². The van der Waals surface area contributed by atoms with Gasteiger partial charge in [0.2, 0.25) is 11.0 Å². The van der Waals surface area contributed by atoms with Gasteiger partial charge in [0.1, 0.15) is 16.5 Å². The Labute approximate surface area is 148 Å². The minimum atomic E-state index is -0.0988. The molecule has 124 valence electrons. The lowest BCUT2D eigenvalue weighted by Gasteiger charge is -2.00. The number of aromatic nitrogens is 2. The van der Waals surface area contributed by atoms with E-state index in [1.807, 2.05) is 43.3 Å². The van der Waals surface area contributed by atoms with Crippen LogP contribution >= 0.6 is 22.9 Å². The minimum Gasteiger partial charge on any atom is -0.461 e. The van der Waals surface area contributed by atoms with Crippen LogP contribution in [-0.2, 0) is 17.6 Å². The Bertz CT molecular complexity index is 826. The van der Waals surface area contributed by atoms with Crippen molar-refractivity contribution in [2.45, 2.75) is 26.2 Å². The van der Waals surface area contributed by atoms with Gasteiger partial charge in [-0.25, -0.2) is 0 Å². The van der Waals surface area contributed by atoms with Crippen molar-refractivity contribution in [3.05, 3.63) is 52.2 Å². The van der Waals surface area contributed by atoms with Crippen LogP contribution < -0.4 is 5.32 Å². The van der Waals surface area contributed by atoms with E-state index in [0.29, 0.717) is 23.0 Å². The van der Waals surface area contributed by atoms with Crippen molar-refractivity contribution in [2.75, 3.05) is 5.32 Å².